The van der Waals surface area contributed by atoms with Crippen LogP contribution in [0.3, 0.4) is 0 Å². The first kappa shape index (κ1) is 11.5. The average molecular weight is 657 g/mol. The van der Waals surface area contributed by atoms with Crippen LogP contribution in [0.4, 0.5) is 0 Å². The molecule has 0 amide bonds. The van der Waals surface area contributed by atoms with Crippen LogP contribution in [0.5, 0.6) is 0 Å². The smallest absolute Gasteiger partial charge is 0.164 e. The number of furan rings is 1. The monoisotopic (exact) mass is 656 g/mol. The number of hydrogen-bond acceptors (Lipinski definition) is 4. The maximum atomic E-state index is 9.70. The van der Waals surface area contributed by atoms with Crippen LogP contribution in [0.15, 0.2) is 180 Å². The Hall–Kier alpha value is -6.65. The minimum atomic E-state index is -1.08. The Morgan fingerprint density at radius 2 is 0.714 bits per heavy atom. The molecule has 0 aliphatic rings. The van der Waals surface area contributed by atoms with Crippen molar-refractivity contribution in [2.75, 3.05) is 0 Å². The maximum absolute atomic E-state index is 9.70. The van der Waals surface area contributed by atoms with Crippen molar-refractivity contribution < 1.29 is 44.2 Å². The summed E-state index contributed by atoms with van der Waals surface area (Å²) in [6, 6.07) is -27.2. The van der Waals surface area contributed by atoms with E-state index in [1.807, 2.05) is 0 Å². The number of rotatable bonds is 6. The molecule has 0 aliphatic heterocycles. The minimum Gasteiger partial charge on any atom is -0.455 e. The van der Waals surface area contributed by atoms with Crippen LogP contribution in [0.25, 0.3) is 89.5 Å². The SMILES string of the molecule is [2H]c1c([2H])c([2H])c(-c2nc(-c3c([2H])c([2H])c(-c4c([2H])c([2H])c([2H])c([2H])c4[2H])c([2H])c3[2H])nc(-c3c([2H])c([2H])c([2H])c(-c4c([2H])c([2H])c([2H])c5c4oc4c(-c6c([2H])c([2H])c([2H])c([2H])c6[2H])c([2H])c([2H])c([2H])c45)c3[2H])n2)c([2H])c1[2H]. The van der Waals surface area contributed by atoms with Crippen molar-refractivity contribution in [3.05, 3.63) is 175 Å². The molecule has 49 heavy (non-hydrogen) atoms. The Labute approximate surface area is 324 Å². The zero-order valence-corrected chi connectivity index (χ0v) is 24.2. The van der Waals surface area contributed by atoms with E-state index in [-0.39, 0.29) is 0 Å². The van der Waals surface area contributed by atoms with E-state index in [1.165, 1.54) is 0 Å². The summed E-state index contributed by atoms with van der Waals surface area (Å²) in [4.78, 5) is 12.8. The molecular formula is C45H29N3O. The van der Waals surface area contributed by atoms with Crippen molar-refractivity contribution in [3.8, 4) is 67.5 Å². The molecule has 0 N–H and O–H groups in total. The Kier molecular flexibility index (Phi) is 2.86. The van der Waals surface area contributed by atoms with E-state index in [9.17, 15) is 4.11 Å². The van der Waals surface area contributed by atoms with E-state index in [2.05, 4.69) is 15.0 Å². The topological polar surface area (TPSA) is 51.8 Å². The summed E-state index contributed by atoms with van der Waals surface area (Å²) in [6.45, 7) is 0. The molecule has 0 fully saturated rings. The Balaban J connectivity index is 1.42. The second-order valence-electron chi connectivity index (χ2n) is 9.82. The van der Waals surface area contributed by atoms with Crippen LogP contribution in [0, 0.1) is 0 Å². The lowest BCUT2D eigenvalue weighted by molar-refractivity contribution is 0.671. The van der Waals surface area contributed by atoms with Gasteiger partial charge in [0, 0.05) is 38.6 Å². The lowest BCUT2D eigenvalue weighted by Crippen LogP contribution is -2.00. The molecule has 0 saturated heterocycles. The van der Waals surface area contributed by atoms with Gasteiger partial charge in [0.05, 0.1) is 39.8 Å². The van der Waals surface area contributed by atoms with E-state index in [1.54, 1.807) is 0 Å². The molecule has 7 aromatic carbocycles. The van der Waals surface area contributed by atoms with E-state index >= 15 is 0 Å². The zero-order chi connectivity index (χ0) is 57.8. The summed E-state index contributed by atoms with van der Waals surface area (Å²) >= 11 is 0. The predicted molar refractivity (Wildman–Crippen MR) is 200 cm³/mol. The molecule has 4 heteroatoms. The third-order valence-corrected chi connectivity index (χ3v) is 6.92. The lowest BCUT2D eigenvalue weighted by Gasteiger charge is -2.10. The van der Waals surface area contributed by atoms with Crippen LogP contribution in [0.2, 0.25) is 0 Å². The highest BCUT2D eigenvalue weighted by molar-refractivity contribution is 6.13. The molecule has 4 nitrogen and oxygen atoms in total. The van der Waals surface area contributed by atoms with Crippen molar-refractivity contribution in [1.82, 2.24) is 15.0 Å². The summed E-state index contributed by atoms with van der Waals surface area (Å²) in [7, 11) is 0. The summed E-state index contributed by atoms with van der Waals surface area (Å²) < 4.78 is 259. The maximum Gasteiger partial charge on any atom is 0.164 e. The molecule has 0 radical (unpaired) electrons. The minimum absolute atomic E-state index is 0.545. The molecule has 0 aliphatic carbocycles. The molecule has 0 bridgehead atoms. The van der Waals surface area contributed by atoms with Gasteiger partial charge in [-0.2, -0.15) is 0 Å². The fourth-order valence-corrected chi connectivity index (χ4v) is 4.75. The molecule has 9 rings (SSSR count). The highest BCUT2D eigenvalue weighted by atomic mass is 16.3. The molecular weight excluding hydrogens is 599 g/mol. The number of benzene rings is 7. The highest BCUT2D eigenvalue weighted by Crippen LogP contribution is 2.40. The van der Waals surface area contributed by atoms with E-state index in [0.717, 1.165) is 0 Å². The summed E-state index contributed by atoms with van der Waals surface area (Å²) in [5.41, 5.74) is -8.42. The van der Waals surface area contributed by atoms with Crippen molar-refractivity contribution >= 4 is 21.9 Å². The van der Waals surface area contributed by atoms with Crippen molar-refractivity contribution in [3.63, 3.8) is 0 Å². The summed E-state index contributed by atoms with van der Waals surface area (Å²) in [5.74, 6) is -2.78. The third kappa shape index (κ3) is 5.35. The Morgan fingerprint density at radius 1 is 0.327 bits per heavy atom. The first-order valence-corrected chi connectivity index (χ1v) is 14.0. The number of hydrogen-bond donors (Lipinski definition) is 0. The van der Waals surface area contributed by atoms with Crippen LogP contribution in [-0.2, 0) is 0 Å². The number of aromatic nitrogens is 3. The predicted octanol–water partition coefficient (Wildman–Crippen LogP) is 11.8. The normalized spacial score (nSPS) is 19.6. The summed E-state index contributed by atoms with van der Waals surface area (Å²) in [5, 5.41) is -1.12. The number of fused-ring (bicyclic) bond motifs is 3. The van der Waals surface area contributed by atoms with Gasteiger partial charge < -0.3 is 4.42 Å². The van der Waals surface area contributed by atoms with E-state index < -0.39 is 265 Å². The van der Waals surface area contributed by atoms with Gasteiger partial charge in [0.1, 0.15) is 11.2 Å². The van der Waals surface area contributed by atoms with Crippen LogP contribution in [0.1, 0.15) is 39.8 Å². The lowest BCUT2D eigenvalue weighted by atomic mass is 9.99. The van der Waals surface area contributed by atoms with E-state index in [4.69, 9.17) is 40.1 Å². The van der Waals surface area contributed by atoms with Crippen molar-refractivity contribution in [1.29, 1.82) is 0 Å². The second-order valence-corrected chi connectivity index (χ2v) is 9.82. The molecule has 9 aromatic rings. The average Bonchev–Trinajstić information content (AvgIpc) is 3.83. The fourth-order valence-electron chi connectivity index (χ4n) is 4.75. The fraction of sp³-hybridized carbons (Fsp3) is 0. The first-order chi connectivity index (χ1) is 36.3. The first-order valence-electron chi connectivity index (χ1n) is 28.5. The second kappa shape index (κ2) is 12.2. The van der Waals surface area contributed by atoms with E-state index in [0.29, 0.717) is 0 Å². The number of nitrogens with zero attached hydrogens (tertiary/aromatic N) is 3. The van der Waals surface area contributed by atoms with Gasteiger partial charge in [-0.25, -0.2) is 15.0 Å². The quantitative estimate of drug-likeness (QED) is 0.179. The van der Waals surface area contributed by atoms with Gasteiger partial charge in [-0.1, -0.05) is 169 Å². The van der Waals surface area contributed by atoms with Gasteiger partial charge in [0.15, 0.2) is 17.5 Å². The highest BCUT2D eigenvalue weighted by Gasteiger charge is 2.17. The molecule has 230 valence electrons. The molecule has 0 atom stereocenters. The van der Waals surface area contributed by atoms with Crippen LogP contribution in [-0.4, -0.2) is 15.0 Å². The van der Waals surface area contributed by atoms with Gasteiger partial charge in [-0.05, 0) is 28.3 Å². The molecule has 0 spiro atoms. The number of para-hydroxylation sites is 2. The third-order valence-electron chi connectivity index (χ3n) is 6.92. The molecule has 0 unspecified atom stereocenters. The Bertz CT molecular complexity index is 4150. The van der Waals surface area contributed by atoms with Crippen molar-refractivity contribution in [2.24, 2.45) is 0 Å². The standard InChI is InChI=1S/C45H29N3O/c1-4-13-30(14-5-1)31-25-27-34(28-26-31)44-46-43(33-17-8-3-9-18-33)47-45(48-44)36-20-10-19-35(29-36)38-22-12-24-40-39-23-11-21-37(41(39)49-42(38)40)32-15-6-2-7-16-32/h1-29H/i1D,2D,3D,4D,5D,6D,7D,8D,9D,10D,11D,12D,13D,14D,15D,16D,17D,18D,19D,20D,21D,22D,23D,24D,25D,26D,27D,28D,29D. The van der Waals surface area contributed by atoms with Gasteiger partial charge in [-0.3, -0.25) is 0 Å². The largest absolute Gasteiger partial charge is 0.455 e. The van der Waals surface area contributed by atoms with Crippen LogP contribution >= 0.6 is 0 Å². The van der Waals surface area contributed by atoms with Gasteiger partial charge in [0.25, 0.3) is 0 Å². The summed E-state index contributed by atoms with van der Waals surface area (Å²) in [6.07, 6.45) is 0. The van der Waals surface area contributed by atoms with Gasteiger partial charge >= 0.3 is 0 Å². The Morgan fingerprint density at radius 3 is 1.31 bits per heavy atom. The van der Waals surface area contributed by atoms with Crippen LogP contribution < -0.4 is 0 Å². The molecule has 2 heterocycles. The van der Waals surface area contributed by atoms with Crippen molar-refractivity contribution in [2.45, 2.75) is 0 Å². The van der Waals surface area contributed by atoms with Gasteiger partial charge in [-0.15, -0.1) is 0 Å². The molecule has 2 aromatic heterocycles. The zero-order valence-electron chi connectivity index (χ0n) is 53.2. The van der Waals surface area contributed by atoms with Gasteiger partial charge in [0.2, 0.25) is 0 Å². The molecule has 0 saturated carbocycles.